The first kappa shape index (κ1) is 11.7. The van der Waals surface area contributed by atoms with Crippen LogP contribution in [0.4, 0.5) is 0 Å². The highest BCUT2D eigenvalue weighted by molar-refractivity contribution is 7.90. The molecule has 0 bridgehead atoms. The maximum absolute atomic E-state index is 11.6. The first-order chi connectivity index (χ1) is 8.02. The van der Waals surface area contributed by atoms with Crippen LogP contribution in [0, 0.1) is 0 Å². The van der Waals surface area contributed by atoms with Gasteiger partial charge >= 0.3 is 0 Å². The van der Waals surface area contributed by atoms with Crippen LogP contribution in [0.15, 0.2) is 33.7 Å². The average molecular weight is 253 g/mol. The van der Waals surface area contributed by atoms with Crippen molar-refractivity contribution in [3.63, 3.8) is 0 Å². The number of hydrogen-bond acceptors (Lipinski definition) is 6. The molecule has 0 aliphatic carbocycles. The van der Waals surface area contributed by atoms with Crippen molar-refractivity contribution in [2.24, 2.45) is 5.73 Å². The third-order valence-corrected chi connectivity index (χ3v) is 3.33. The fourth-order valence-corrected chi connectivity index (χ4v) is 2.31. The molecular formula is C10H11N3O3S. The van der Waals surface area contributed by atoms with Crippen LogP contribution >= 0.6 is 0 Å². The normalized spacial score (nSPS) is 11.6. The maximum Gasteiger partial charge on any atom is 0.240 e. The lowest BCUT2D eigenvalue weighted by atomic mass is 10.2. The van der Waals surface area contributed by atoms with Crippen LogP contribution in [0.3, 0.4) is 0 Å². The molecule has 0 amide bonds. The fraction of sp³-hybridized carbons (Fsp3) is 0.200. The molecule has 0 atom stereocenters. The van der Waals surface area contributed by atoms with Gasteiger partial charge in [-0.3, -0.25) is 0 Å². The molecule has 1 aromatic heterocycles. The molecule has 0 radical (unpaired) electrons. The van der Waals surface area contributed by atoms with Crippen molar-refractivity contribution in [1.29, 1.82) is 0 Å². The highest BCUT2D eigenvalue weighted by Gasteiger charge is 2.17. The van der Waals surface area contributed by atoms with E-state index in [1.54, 1.807) is 18.2 Å². The summed E-state index contributed by atoms with van der Waals surface area (Å²) < 4.78 is 28.0. The number of sulfone groups is 1. The Kier molecular flexibility index (Phi) is 2.95. The smallest absolute Gasteiger partial charge is 0.240 e. The summed E-state index contributed by atoms with van der Waals surface area (Å²) in [7, 11) is -3.33. The molecule has 1 aromatic carbocycles. The van der Waals surface area contributed by atoms with Crippen LogP contribution in [0.5, 0.6) is 0 Å². The van der Waals surface area contributed by atoms with Gasteiger partial charge in [0.2, 0.25) is 11.7 Å². The second kappa shape index (κ2) is 4.27. The fourth-order valence-electron chi connectivity index (χ4n) is 1.42. The van der Waals surface area contributed by atoms with E-state index in [2.05, 4.69) is 10.1 Å². The second-order valence-corrected chi connectivity index (χ2v) is 5.47. The van der Waals surface area contributed by atoms with Gasteiger partial charge in [0.05, 0.1) is 11.4 Å². The van der Waals surface area contributed by atoms with Crippen molar-refractivity contribution in [3.05, 3.63) is 30.2 Å². The summed E-state index contributed by atoms with van der Waals surface area (Å²) >= 11 is 0. The molecule has 2 N–H and O–H groups in total. The van der Waals surface area contributed by atoms with Crippen LogP contribution in [0.25, 0.3) is 11.4 Å². The number of hydrogen-bond donors (Lipinski definition) is 1. The molecule has 7 heteroatoms. The van der Waals surface area contributed by atoms with Crippen LogP contribution < -0.4 is 5.73 Å². The summed E-state index contributed by atoms with van der Waals surface area (Å²) in [6, 6.07) is 6.48. The molecule has 6 nitrogen and oxygen atoms in total. The molecule has 0 fully saturated rings. The molecule has 0 saturated heterocycles. The zero-order valence-corrected chi connectivity index (χ0v) is 9.94. The van der Waals surface area contributed by atoms with Crippen molar-refractivity contribution in [2.75, 3.05) is 6.26 Å². The monoisotopic (exact) mass is 253 g/mol. The van der Waals surface area contributed by atoms with Gasteiger partial charge in [-0.05, 0) is 12.1 Å². The molecule has 17 heavy (non-hydrogen) atoms. The van der Waals surface area contributed by atoms with E-state index in [4.69, 9.17) is 10.3 Å². The van der Waals surface area contributed by atoms with Gasteiger partial charge in [0.25, 0.3) is 0 Å². The van der Waals surface area contributed by atoms with E-state index in [1.807, 2.05) is 0 Å². The molecule has 90 valence electrons. The van der Waals surface area contributed by atoms with Crippen molar-refractivity contribution in [3.8, 4) is 11.4 Å². The number of benzene rings is 1. The first-order valence-corrected chi connectivity index (χ1v) is 6.73. The summed E-state index contributed by atoms with van der Waals surface area (Å²) in [6.07, 6.45) is 1.13. The van der Waals surface area contributed by atoms with Gasteiger partial charge in [0.1, 0.15) is 0 Å². The molecular weight excluding hydrogens is 242 g/mol. The van der Waals surface area contributed by atoms with Crippen molar-refractivity contribution in [1.82, 2.24) is 10.1 Å². The molecule has 2 rings (SSSR count). The number of aromatic nitrogens is 2. The lowest BCUT2D eigenvalue weighted by molar-refractivity contribution is 0.380. The zero-order valence-electron chi connectivity index (χ0n) is 9.12. The average Bonchev–Trinajstić information content (AvgIpc) is 2.76. The lowest BCUT2D eigenvalue weighted by Gasteiger charge is -2.02. The van der Waals surface area contributed by atoms with E-state index in [0.29, 0.717) is 5.56 Å². The SMILES string of the molecule is CS(=O)(=O)c1ccccc1-c1noc(CN)n1. The Balaban J connectivity index is 2.60. The van der Waals surface area contributed by atoms with Crippen molar-refractivity contribution >= 4 is 9.84 Å². The third-order valence-electron chi connectivity index (χ3n) is 2.17. The first-order valence-electron chi connectivity index (χ1n) is 4.84. The number of nitrogens with zero attached hydrogens (tertiary/aromatic N) is 2. The number of rotatable bonds is 3. The quantitative estimate of drug-likeness (QED) is 0.859. The van der Waals surface area contributed by atoms with Crippen molar-refractivity contribution in [2.45, 2.75) is 11.4 Å². The lowest BCUT2D eigenvalue weighted by Crippen LogP contribution is -2.00. The largest absolute Gasteiger partial charge is 0.338 e. The topological polar surface area (TPSA) is 99.1 Å². The van der Waals surface area contributed by atoms with E-state index in [1.165, 1.54) is 6.07 Å². The minimum Gasteiger partial charge on any atom is -0.338 e. The summed E-state index contributed by atoms with van der Waals surface area (Å²) in [5.74, 6) is 0.495. The Morgan fingerprint density at radius 1 is 1.35 bits per heavy atom. The predicted molar refractivity (Wildman–Crippen MR) is 60.7 cm³/mol. The summed E-state index contributed by atoms with van der Waals surface area (Å²) in [4.78, 5) is 4.18. The Morgan fingerprint density at radius 2 is 2.06 bits per heavy atom. The molecule has 2 aromatic rings. The van der Waals surface area contributed by atoms with Crippen LogP contribution in [0.2, 0.25) is 0 Å². The van der Waals surface area contributed by atoms with Gasteiger partial charge in [0.15, 0.2) is 9.84 Å². The van der Waals surface area contributed by atoms with E-state index >= 15 is 0 Å². The van der Waals surface area contributed by atoms with Gasteiger partial charge < -0.3 is 10.3 Å². The Hall–Kier alpha value is -1.73. The van der Waals surface area contributed by atoms with Gasteiger partial charge in [-0.2, -0.15) is 4.98 Å². The second-order valence-electron chi connectivity index (χ2n) is 3.48. The van der Waals surface area contributed by atoms with E-state index in [9.17, 15) is 8.42 Å². The van der Waals surface area contributed by atoms with E-state index < -0.39 is 9.84 Å². The Bertz CT molecular complexity index is 634. The van der Waals surface area contributed by atoms with Gasteiger partial charge in [-0.1, -0.05) is 17.3 Å². The minimum atomic E-state index is -3.33. The van der Waals surface area contributed by atoms with Gasteiger partial charge in [-0.25, -0.2) is 8.42 Å². The van der Waals surface area contributed by atoms with E-state index in [0.717, 1.165) is 6.26 Å². The molecule has 0 aliphatic rings. The highest BCUT2D eigenvalue weighted by Crippen LogP contribution is 2.24. The molecule has 0 unspecified atom stereocenters. The minimum absolute atomic E-state index is 0.119. The van der Waals surface area contributed by atoms with Crippen molar-refractivity contribution < 1.29 is 12.9 Å². The standard InChI is InChI=1S/C10H11N3O3S/c1-17(14,15)8-5-3-2-4-7(8)10-12-9(6-11)16-13-10/h2-5H,6,11H2,1H3. The van der Waals surface area contributed by atoms with Crippen LogP contribution in [0.1, 0.15) is 5.89 Å². The Labute approximate surface area is 98.4 Å². The maximum atomic E-state index is 11.6. The van der Waals surface area contributed by atoms with Gasteiger partial charge in [0, 0.05) is 11.8 Å². The molecule has 0 aliphatic heterocycles. The molecule has 1 heterocycles. The number of nitrogens with two attached hydrogens (primary N) is 1. The summed E-state index contributed by atoms with van der Waals surface area (Å²) in [6.45, 7) is 0.119. The van der Waals surface area contributed by atoms with E-state index in [-0.39, 0.29) is 23.2 Å². The van der Waals surface area contributed by atoms with Gasteiger partial charge in [-0.15, -0.1) is 0 Å². The molecule has 0 saturated carbocycles. The molecule has 0 spiro atoms. The predicted octanol–water partition coefficient (Wildman–Crippen LogP) is 0.599. The highest BCUT2D eigenvalue weighted by atomic mass is 32.2. The van der Waals surface area contributed by atoms with Crippen LogP contribution in [-0.2, 0) is 16.4 Å². The Morgan fingerprint density at radius 3 is 2.65 bits per heavy atom. The zero-order chi connectivity index (χ0) is 12.5. The summed E-state index contributed by atoms with van der Waals surface area (Å²) in [5.41, 5.74) is 5.77. The summed E-state index contributed by atoms with van der Waals surface area (Å²) in [5, 5.41) is 3.70. The van der Waals surface area contributed by atoms with Crippen LogP contribution in [-0.4, -0.2) is 24.8 Å². The third kappa shape index (κ3) is 2.34.